The first-order valence-corrected chi connectivity index (χ1v) is 12.4. The fraction of sp³-hybridized carbons (Fsp3) is 0.400. The van der Waals surface area contributed by atoms with Crippen molar-refractivity contribution >= 4 is 27.5 Å². The summed E-state index contributed by atoms with van der Waals surface area (Å²) in [7, 11) is 0. The Morgan fingerprint density at radius 1 is 1.09 bits per heavy atom. The van der Waals surface area contributed by atoms with Crippen LogP contribution in [0.2, 0.25) is 0 Å². The zero-order chi connectivity index (χ0) is 22.9. The molecule has 1 amide bonds. The van der Waals surface area contributed by atoms with Crippen LogP contribution < -0.4 is 5.32 Å². The molecule has 0 bridgehead atoms. The average molecular weight is 511 g/mol. The topological polar surface area (TPSA) is 66.3 Å². The molecule has 2 aromatic carbocycles. The van der Waals surface area contributed by atoms with Gasteiger partial charge in [-0.25, -0.2) is 4.98 Å². The third kappa shape index (κ3) is 7.14. The summed E-state index contributed by atoms with van der Waals surface area (Å²) >= 11 is 3.60. The first-order chi connectivity index (χ1) is 16.2. The Labute approximate surface area is 203 Å². The predicted octanol–water partition coefficient (Wildman–Crippen LogP) is 4.17. The van der Waals surface area contributed by atoms with Gasteiger partial charge in [0, 0.05) is 62.4 Å². The highest BCUT2D eigenvalue weighted by atomic mass is 79.9. The van der Waals surface area contributed by atoms with Crippen molar-refractivity contribution in [1.29, 1.82) is 0 Å². The second-order valence-electron chi connectivity index (χ2n) is 8.42. The van der Waals surface area contributed by atoms with Crippen molar-refractivity contribution in [3.05, 3.63) is 76.8 Å². The Morgan fingerprint density at radius 3 is 2.79 bits per heavy atom. The summed E-state index contributed by atoms with van der Waals surface area (Å²) < 4.78 is 2.81. The van der Waals surface area contributed by atoms with Crippen molar-refractivity contribution in [3.8, 4) is 0 Å². The highest BCUT2D eigenvalue weighted by Gasteiger charge is 2.19. The fourth-order valence-electron chi connectivity index (χ4n) is 4.16. The minimum absolute atomic E-state index is 0.181. The number of amides is 1. The number of fused-ring (bicyclic) bond motifs is 1. The Kier molecular flexibility index (Phi) is 8.49. The molecule has 174 valence electrons. The van der Waals surface area contributed by atoms with E-state index in [0.29, 0.717) is 26.1 Å². The minimum Gasteiger partial charge on any atom is -0.385 e. The molecule has 33 heavy (non-hydrogen) atoms. The lowest BCUT2D eigenvalue weighted by Gasteiger charge is -2.28. The van der Waals surface area contributed by atoms with E-state index in [0.717, 1.165) is 54.7 Å². The first-order valence-electron chi connectivity index (χ1n) is 11.6. The lowest BCUT2D eigenvalue weighted by molar-refractivity contribution is -0.132. The molecule has 4 rings (SSSR count). The highest BCUT2D eigenvalue weighted by molar-refractivity contribution is 9.10. The summed E-state index contributed by atoms with van der Waals surface area (Å²) in [4.78, 5) is 21.7. The van der Waals surface area contributed by atoms with Gasteiger partial charge in [0.1, 0.15) is 12.7 Å². The summed E-state index contributed by atoms with van der Waals surface area (Å²) in [6, 6.07) is 16.8. The number of aryl methyl sites for hydroxylation is 1. The molecule has 1 aliphatic heterocycles. The van der Waals surface area contributed by atoms with E-state index in [9.17, 15) is 4.79 Å². The van der Waals surface area contributed by atoms with Crippen LogP contribution in [0.15, 0.2) is 65.7 Å². The maximum atomic E-state index is 13.3. The third-order valence-electron chi connectivity index (χ3n) is 5.93. The van der Waals surface area contributed by atoms with Gasteiger partial charge in [0.05, 0.1) is 0 Å². The van der Waals surface area contributed by atoms with E-state index < -0.39 is 0 Å². The second kappa shape index (κ2) is 12.0. The summed E-state index contributed by atoms with van der Waals surface area (Å²) in [6.07, 6.45) is 5.51. The molecule has 3 aromatic rings. The van der Waals surface area contributed by atoms with Gasteiger partial charge in [0.15, 0.2) is 0 Å². The molecule has 7 nitrogen and oxygen atoms in total. The number of aromatic nitrogens is 3. The van der Waals surface area contributed by atoms with E-state index in [1.165, 1.54) is 11.9 Å². The number of nitrogens with one attached hydrogen (secondary N) is 1. The van der Waals surface area contributed by atoms with E-state index in [1.807, 2.05) is 4.90 Å². The van der Waals surface area contributed by atoms with Crippen LogP contribution in [0.25, 0.3) is 0 Å². The molecular weight excluding hydrogens is 480 g/mol. The molecule has 0 unspecified atom stereocenters. The van der Waals surface area contributed by atoms with Crippen LogP contribution in [0.4, 0.5) is 5.69 Å². The smallest absolute Gasteiger partial charge is 0.222 e. The molecule has 0 saturated carbocycles. The molecule has 0 fully saturated rings. The molecule has 0 saturated heterocycles. The van der Waals surface area contributed by atoms with Crippen molar-refractivity contribution in [2.24, 2.45) is 0 Å². The Balaban J connectivity index is 1.47. The maximum absolute atomic E-state index is 13.3. The molecule has 1 aromatic heterocycles. The number of nitrogens with zero attached hydrogens (tertiary/aromatic N) is 5. The molecule has 1 N–H and O–H groups in total. The average Bonchev–Trinajstić information content (AvgIpc) is 3.33. The summed E-state index contributed by atoms with van der Waals surface area (Å²) in [5.74, 6) is 0.181. The van der Waals surface area contributed by atoms with Crippen LogP contribution in [0.3, 0.4) is 0 Å². The van der Waals surface area contributed by atoms with Crippen LogP contribution in [0, 0.1) is 0 Å². The summed E-state index contributed by atoms with van der Waals surface area (Å²) in [6.45, 7) is 5.65. The van der Waals surface area contributed by atoms with Gasteiger partial charge >= 0.3 is 0 Å². The number of anilines is 1. The Morgan fingerprint density at radius 2 is 1.97 bits per heavy atom. The zero-order valence-corrected chi connectivity index (χ0v) is 20.5. The van der Waals surface area contributed by atoms with Crippen LogP contribution in [-0.2, 0) is 24.4 Å². The third-order valence-corrected chi connectivity index (χ3v) is 6.42. The molecule has 0 atom stereocenters. The van der Waals surface area contributed by atoms with Crippen LogP contribution in [-0.4, -0.2) is 56.7 Å². The summed E-state index contributed by atoms with van der Waals surface area (Å²) in [5, 5.41) is 7.73. The Bertz CT molecular complexity index is 1010. The van der Waals surface area contributed by atoms with Crippen LogP contribution >= 0.6 is 15.9 Å². The predicted molar refractivity (Wildman–Crippen MR) is 134 cm³/mol. The zero-order valence-electron chi connectivity index (χ0n) is 18.9. The van der Waals surface area contributed by atoms with E-state index in [4.69, 9.17) is 0 Å². The van der Waals surface area contributed by atoms with Crippen molar-refractivity contribution in [2.45, 2.75) is 38.9 Å². The molecule has 8 heteroatoms. The van der Waals surface area contributed by atoms with Gasteiger partial charge in [-0.3, -0.25) is 14.4 Å². The van der Waals surface area contributed by atoms with E-state index >= 15 is 0 Å². The van der Waals surface area contributed by atoms with Gasteiger partial charge in [-0.2, -0.15) is 5.10 Å². The number of hydrogen-bond acceptors (Lipinski definition) is 5. The van der Waals surface area contributed by atoms with Gasteiger partial charge < -0.3 is 10.2 Å². The van der Waals surface area contributed by atoms with Gasteiger partial charge in [-0.1, -0.05) is 46.3 Å². The SMILES string of the molecule is O=C(CCCn1cncn1)N1CCN(Cc2ccccc2)CCCNc2ccc(Br)cc2C1. The van der Waals surface area contributed by atoms with Crippen molar-refractivity contribution in [2.75, 3.05) is 31.5 Å². The number of benzene rings is 2. The van der Waals surface area contributed by atoms with Gasteiger partial charge in [-0.15, -0.1) is 0 Å². The lowest BCUT2D eigenvalue weighted by Crippen LogP contribution is -2.38. The molecule has 2 heterocycles. The van der Waals surface area contributed by atoms with Gasteiger partial charge in [-0.05, 0) is 42.2 Å². The second-order valence-corrected chi connectivity index (χ2v) is 9.34. The van der Waals surface area contributed by atoms with E-state index in [-0.39, 0.29) is 5.91 Å². The molecule has 1 aliphatic rings. The van der Waals surface area contributed by atoms with Crippen LogP contribution in [0.1, 0.15) is 30.4 Å². The van der Waals surface area contributed by atoms with E-state index in [1.54, 1.807) is 11.0 Å². The standard InChI is InChI=1S/C25H31BrN6O/c26-23-9-10-24-22(16-23)18-31(25(33)8-4-13-32-20-27-19-29-32)15-14-30(12-5-11-28-24)17-21-6-2-1-3-7-21/h1-3,6-7,9-10,16,19-20,28H,4-5,8,11-15,17-18H2. The number of hydrogen-bond donors (Lipinski definition) is 1. The fourth-order valence-corrected chi connectivity index (χ4v) is 4.57. The molecule has 0 spiro atoms. The van der Waals surface area contributed by atoms with Crippen molar-refractivity contribution in [1.82, 2.24) is 24.6 Å². The van der Waals surface area contributed by atoms with Gasteiger partial charge in [0.2, 0.25) is 5.91 Å². The monoisotopic (exact) mass is 510 g/mol. The number of carbonyl (C=O) groups is 1. The molecule has 0 radical (unpaired) electrons. The normalized spacial score (nSPS) is 15.4. The van der Waals surface area contributed by atoms with Crippen molar-refractivity contribution < 1.29 is 4.79 Å². The number of halogens is 1. The largest absolute Gasteiger partial charge is 0.385 e. The highest BCUT2D eigenvalue weighted by Crippen LogP contribution is 2.24. The first kappa shape index (κ1) is 23.4. The number of rotatable bonds is 6. The number of carbonyl (C=O) groups excluding carboxylic acids is 1. The minimum atomic E-state index is 0.181. The van der Waals surface area contributed by atoms with Crippen molar-refractivity contribution in [3.63, 3.8) is 0 Å². The Hall–Kier alpha value is -2.71. The van der Waals surface area contributed by atoms with Gasteiger partial charge in [0.25, 0.3) is 0 Å². The summed E-state index contributed by atoms with van der Waals surface area (Å²) in [5.41, 5.74) is 3.55. The lowest BCUT2D eigenvalue weighted by atomic mass is 10.1. The maximum Gasteiger partial charge on any atom is 0.222 e. The molecular formula is C25H31BrN6O. The molecule has 0 aliphatic carbocycles. The van der Waals surface area contributed by atoms with Crippen LogP contribution in [0.5, 0.6) is 0 Å². The quantitative estimate of drug-likeness (QED) is 0.539. The van der Waals surface area contributed by atoms with E-state index in [2.05, 4.69) is 84.8 Å².